The lowest BCUT2D eigenvalue weighted by molar-refractivity contribution is 0.397. The van der Waals surface area contributed by atoms with Crippen molar-refractivity contribution >= 4 is 21.7 Å². The molecule has 0 amide bonds. The molecule has 0 aliphatic carbocycles. The summed E-state index contributed by atoms with van der Waals surface area (Å²) in [5.74, 6) is 0.367. The van der Waals surface area contributed by atoms with Gasteiger partial charge in [-0.15, -0.1) is 0 Å². The molecule has 0 fully saturated rings. The lowest BCUT2D eigenvalue weighted by atomic mass is 10.3. The Morgan fingerprint density at radius 3 is 2.78 bits per heavy atom. The molecule has 2 aromatic heterocycles. The zero-order valence-corrected chi connectivity index (χ0v) is 11.2. The molecule has 18 heavy (non-hydrogen) atoms. The van der Waals surface area contributed by atoms with Gasteiger partial charge in [0.05, 0.1) is 7.11 Å². The second kappa shape index (κ2) is 5.77. The molecule has 0 saturated carbocycles. The van der Waals surface area contributed by atoms with E-state index in [2.05, 4.69) is 31.2 Å². The first-order valence-electron chi connectivity index (χ1n) is 5.23. The van der Waals surface area contributed by atoms with Crippen molar-refractivity contribution in [2.45, 2.75) is 6.54 Å². The molecule has 94 valence electrons. The van der Waals surface area contributed by atoms with E-state index in [1.54, 1.807) is 19.4 Å². The van der Waals surface area contributed by atoms with Crippen molar-refractivity contribution in [1.29, 1.82) is 0 Å². The third kappa shape index (κ3) is 3.16. The fourth-order valence-electron chi connectivity index (χ4n) is 1.37. The molecular weight excluding hydrogens is 301 g/mol. The van der Waals surface area contributed by atoms with Crippen LogP contribution in [0.1, 0.15) is 5.56 Å². The van der Waals surface area contributed by atoms with E-state index < -0.39 is 5.82 Å². The first-order chi connectivity index (χ1) is 8.69. The second-order valence-corrected chi connectivity index (χ2v) is 4.46. The van der Waals surface area contributed by atoms with Crippen molar-refractivity contribution in [3.8, 4) is 5.88 Å². The van der Waals surface area contributed by atoms with Crippen LogP contribution < -0.4 is 10.1 Å². The molecule has 0 aliphatic heterocycles. The minimum Gasteiger partial charge on any atom is -0.481 e. The summed E-state index contributed by atoms with van der Waals surface area (Å²) >= 11 is 3.15. The molecule has 0 radical (unpaired) electrons. The molecule has 0 atom stereocenters. The molecule has 2 aromatic rings. The molecule has 0 aliphatic rings. The van der Waals surface area contributed by atoms with Crippen LogP contribution in [0.5, 0.6) is 5.88 Å². The highest BCUT2D eigenvalue weighted by molar-refractivity contribution is 9.10. The van der Waals surface area contributed by atoms with Crippen LogP contribution in [-0.4, -0.2) is 17.1 Å². The fourth-order valence-corrected chi connectivity index (χ4v) is 1.67. The van der Waals surface area contributed by atoms with Gasteiger partial charge in [0.15, 0.2) is 11.6 Å². The first kappa shape index (κ1) is 12.8. The van der Waals surface area contributed by atoms with Gasteiger partial charge in [0.25, 0.3) is 0 Å². The van der Waals surface area contributed by atoms with Crippen molar-refractivity contribution in [3.63, 3.8) is 0 Å². The number of hydrogen-bond acceptors (Lipinski definition) is 4. The molecule has 0 saturated heterocycles. The minimum atomic E-state index is -0.397. The maximum absolute atomic E-state index is 13.5. The third-order valence-corrected chi connectivity index (χ3v) is 2.71. The number of nitrogens with zero attached hydrogens (tertiary/aromatic N) is 2. The highest BCUT2D eigenvalue weighted by atomic mass is 79.9. The normalized spacial score (nSPS) is 10.2. The summed E-state index contributed by atoms with van der Waals surface area (Å²) < 4.78 is 19.0. The van der Waals surface area contributed by atoms with E-state index in [4.69, 9.17) is 4.74 Å². The largest absolute Gasteiger partial charge is 0.481 e. The molecule has 4 nitrogen and oxygen atoms in total. The number of anilines is 1. The smallest absolute Gasteiger partial charge is 0.212 e. The summed E-state index contributed by atoms with van der Waals surface area (Å²) in [6.07, 6.45) is 3.21. The molecule has 0 aromatic carbocycles. The van der Waals surface area contributed by atoms with E-state index in [-0.39, 0.29) is 5.82 Å². The van der Waals surface area contributed by atoms with Crippen LogP contribution in [0.3, 0.4) is 0 Å². The number of rotatable bonds is 4. The number of ether oxygens (including phenoxy) is 1. The van der Waals surface area contributed by atoms with Crippen LogP contribution in [0.4, 0.5) is 10.2 Å². The zero-order valence-electron chi connectivity index (χ0n) is 9.65. The Morgan fingerprint density at radius 2 is 2.17 bits per heavy atom. The van der Waals surface area contributed by atoms with Crippen LogP contribution in [-0.2, 0) is 6.54 Å². The highest BCUT2D eigenvalue weighted by Gasteiger charge is 2.04. The topological polar surface area (TPSA) is 47.0 Å². The molecule has 1 N–H and O–H groups in total. The van der Waals surface area contributed by atoms with Crippen LogP contribution in [0.15, 0.2) is 35.1 Å². The molecule has 0 bridgehead atoms. The number of aromatic nitrogens is 2. The average molecular weight is 312 g/mol. The van der Waals surface area contributed by atoms with E-state index in [0.717, 1.165) is 5.56 Å². The van der Waals surface area contributed by atoms with Gasteiger partial charge in [-0.3, -0.25) is 0 Å². The average Bonchev–Trinajstić information content (AvgIpc) is 2.38. The number of pyridine rings is 2. The quantitative estimate of drug-likeness (QED) is 0.943. The third-order valence-electron chi connectivity index (χ3n) is 2.27. The van der Waals surface area contributed by atoms with E-state index >= 15 is 0 Å². The highest BCUT2D eigenvalue weighted by Crippen LogP contribution is 2.17. The van der Waals surface area contributed by atoms with Gasteiger partial charge >= 0.3 is 0 Å². The van der Waals surface area contributed by atoms with Crippen LogP contribution >= 0.6 is 15.9 Å². The van der Waals surface area contributed by atoms with Crippen LogP contribution in [0, 0.1) is 5.82 Å². The predicted molar refractivity (Wildman–Crippen MR) is 70.0 cm³/mol. The Bertz CT molecular complexity index is 533. The number of nitrogens with one attached hydrogen (secondary N) is 1. The van der Waals surface area contributed by atoms with Gasteiger partial charge in [0.2, 0.25) is 5.88 Å². The van der Waals surface area contributed by atoms with Gasteiger partial charge in [-0.25, -0.2) is 14.4 Å². The van der Waals surface area contributed by atoms with Gasteiger partial charge in [0, 0.05) is 29.5 Å². The van der Waals surface area contributed by atoms with Crippen molar-refractivity contribution in [2.75, 3.05) is 12.4 Å². The standard InChI is InChI=1S/C12H11BrFN3O/c1-18-11-3-2-8(5-15-11)6-16-12-10(14)4-9(13)7-17-12/h2-5,7H,6H2,1H3,(H,16,17). The van der Waals surface area contributed by atoms with Crippen LogP contribution in [0.2, 0.25) is 0 Å². The number of hydrogen-bond donors (Lipinski definition) is 1. The van der Waals surface area contributed by atoms with Gasteiger partial charge in [-0.2, -0.15) is 0 Å². The van der Waals surface area contributed by atoms with E-state index in [1.807, 2.05) is 6.07 Å². The first-order valence-corrected chi connectivity index (χ1v) is 6.02. The maximum Gasteiger partial charge on any atom is 0.212 e. The Kier molecular flexibility index (Phi) is 4.09. The zero-order chi connectivity index (χ0) is 13.0. The molecule has 0 unspecified atom stereocenters. The number of halogens is 2. The second-order valence-electron chi connectivity index (χ2n) is 3.55. The monoisotopic (exact) mass is 311 g/mol. The SMILES string of the molecule is COc1ccc(CNc2ncc(Br)cc2F)cn1. The minimum absolute atomic E-state index is 0.217. The lowest BCUT2D eigenvalue weighted by Gasteiger charge is -2.07. The van der Waals surface area contributed by atoms with Gasteiger partial charge in [0.1, 0.15) is 0 Å². The predicted octanol–water partition coefficient (Wildman–Crippen LogP) is 3.00. The van der Waals surface area contributed by atoms with Gasteiger partial charge in [-0.1, -0.05) is 6.07 Å². The van der Waals surface area contributed by atoms with E-state index in [1.165, 1.54) is 12.3 Å². The van der Waals surface area contributed by atoms with Crippen LogP contribution in [0.25, 0.3) is 0 Å². The maximum atomic E-state index is 13.5. The van der Waals surface area contributed by atoms with Crippen molar-refractivity contribution in [2.24, 2.45) is 0 Å². The molecular formula is C12H11BrFN3O. The lowest BCUT2D eigenvalue weighted by Crippen LogP contribution is -2.04. The molecule has 6 heteroatoms. The molecule has 0 spiro atoms. The van der Waals surface area contributed by atoms with Gasteiger partial charge < -0.3 is 10.1 Å². The fraction of sp³-hybridized carbons (Fsp3) is 0.167. The van der Waals surface area contributed by atoms with Crippen molar-refractivity contribution in [1.82, 2.24) is 9.97 Å². The number of methoxy groups -OCH3 is 1. The Hall–Kier alpha value is -1.69. The summed E-state index contributed by atoms with van der Waals surface area (Å²) in [6.45, 7) is 0.447. The Balaban J connectivity index is 2.02. The van der Waals surface area contributed by atoms with Crippen molar-refractivity contribution < 1.29 is 9.13 Å². The molecule has 2 heterocycles. The summed E-state index contributed by atoms with van der Waals surface area (Å²) in [4.78, 5) is 8.01. The van der Waals surface area contributed by atoms with Crippen molar-refractivity contribution in [3.05, 3.63) is 46.4 Å². The van der Waals surface area contributed by atoms with E-state index in [0.29, 0.717) is 16.9 Å². The Labute approximate surface area is 112 Å². The molecule has 2 rings (SSSR count). The van der Waals surface area contributed by atoms with E-state index in [9.17, 15) is 4.39 Å². The summed E-state index contributed by atoms with van der Waals surface area (Å²) in [5.41, 5.74) is 0.917. The summed E-state index contributed by atoms with van der Waals surface area (Å²) in [7, 11) is 1.56. The summed E-state index contributed by atoms with van der Waals surface area (Å²) in [5, 5.41) is 2.91. The van der Waals surface area contributed by atoms with Gasteiger partial charge in [-0.05, 0) is 27.6 Å². The Morgan fingerprint density at radius 1 is 1.33 bits per heavy atom. The summed E-state index contributed by atoms with van der Waals surface area (Å²) in [6, 6.07) is 4.97.